The van der Waals surface area contributed by atoms with Gasteiger partial charge in [0.25, 0.3) is 0 Å². The summed E-state index contributed by atoms with van der Waals surface area (Å²) in [5, 5.41) is 9.10. The number of morpholine rings is 1. The molecule has 2 aliphatic rings. The Labute approximate surface area is 144 Å². The van der Waals surface area contributed by atoms with Crippen molar-refractivity contribution >= 4 is 5.91 Å². The van der Waals surface area contributed by atoms with E-state index in [9.17, 15) is 4.79 Å². The molecule has 1 atom stereocenters. The standard InChI is InChI=1S/C19H28N2O3/c22-15-17-3-1-16(2-4-17)13-18-5-8-21(14-18)19(23)6-7-20-9-11-24-12-10-20/h1-4,18,22H,5-15H2/t18-/m1/s1. The Morgan fingerprint density at radius 3 is 2.54 bits per heavy atom. The molecule has 24 heavy (non-hydrogen) atoms. The van der Waals surface area contributed by atoms with Crippen LogP contribution in [-0.4, -0.2) is 66.8 Å². The van der Waals surface area contributed by atoms with Gasteiger partial charge in [-0.1, -0.05) is 24.3 Å². The lowest BCUT2D eigenvalue weighted by Crippen LogP contribution is -2.39. The summed E-state index contributed by atoms with van der Waals surface area (Å²) in [5.74, 6) is 0.844. The fourth-order valence-electron chi connectivity index (χ4n) is 3.58. The average molecular weight is 332 g/mol. The molecular formula is C19H28N2O3. The summed E-state index contributed by atoms with van der Waals surface area (Å²) < 4.78 is 5.34. The van der Waals surface area contributed by atoms with Crippen LogP contribution in [0.25, 0.3) is 0 Å². The molecule has 0 bridgehead atoms. The van der Waals surface area contributed by atoms with E-state index in [1.54, 1.807) is 0 Å². The molecule has 0 radical (unpaired) electrons. The van der Waals surface area contributed by atoms with Gasteiger partial charge in [-0.05, 0) is 29.9 Å². The number of amides is 1. The van der Waals surface area contributed by atoms with Gasteiger partial charge in [-0.2, -0.15) is 0 Å². The maximum Gasteiger partial charge on any atom is 0.223 e. The van der Waals surface area contributed by atoms with E-state index in [0.717, 1.165) is 64.3 Å². The lowest BCUT2D eigenvalue weighted by molar-refractivity contribution is -0.130. The SMILES string of the molecule is O=C(CCN1CCOCC1)N1CC[C@H](Cc2ccc(CO)cc2)C1. The summed E-state index contributed by atoms with van der Waals surface area (Å²) in [6.07, 6.45) is 2.72. The quantitative estimate of drug-likeness (QED) is 0.853. The Morgan fingerprint density at radius 2 is 1.83 bits per heavy atom. The fraction of sp³-hybridized carbons (Fsp3) is 0.632. The minimum Gasteiger partial charge on any atom is -0.392 e. The van der Waals surface area contributed by atoms with E-state index in [-0.39, 0.29) is 6.61 Å². The lowest BCUT2D eigenvalue weighted by atomic mass is 9.98. The number of nitrogens with zero attached hydrogens (tertiary/aromatic N) is 2. The highest BCUT2D eigenvalue weighted by Crippen LogP contribution is 2.22. The van der Waals surface area contributed by atoms with Gasteiger partial charge in [0, 0.05) is 39.1 Å². The molecule has 5 nitrogen and oxygen atoms in total. The van der Waals surface area contributed by atoms with Gasteiger partial charge in [-0.3, -0.25) is 9.69 Å². The van der Waals surface area contributed by atoms with E-state index < -0.39 is 0 Å². The van der Waals surface area contributed by atoms with Crippen LogP contribution < -0.4 is 0 Å². The molecule has 1 amide bonds. The van der Waals surface area contributed by atoms with Crippen molar-refractivity contribution in [2.45, 2.75) is 25.9 Å². The summed E-state index contributed by atoms with van der Waals surface area (Å²) >= 11 is 0. The van der Waals surface area contributed by atoms with Crippen LogP contribution in [0, 0.1) is 5.92 Å². The molecule has 0 aliphatic carbocycles. The minimum atomic E-state index is 0.0924. The molecule has 2 aliphatic heterocycles. The van der Waals surface area contributed by atoms with Crippen molar-refractivity contribution in [3.8, 4) is 0 Å². The number of hydrogen-bond donors (Lipinski definition) is 1. The Hall–Kier alpha value is -1.43. The van der Waals surface area contributed by atoms with Crippen LogP contribution in [0.4, 0.5) is 0 Å². The topological polar surface area (TPSA) is 53.0 Å². The van der Waals surface area contributed by atoms with Crippen LogP contribution in [-0.2, 0) is 22.6 Å². The highest BCUT2D eigenvalue weighted by atomic mass is 16.5. The zero-order valence-corrected chi connectivity index (χ0v) is 14.3. The molecule has 5 heteroatoms. The summed E-state index contributed by atoms with van der Waals surface area (Å²) in [6, 6.07) is 8.15. The number of aliphatic hydroxyl groups is 1. The number of hydrogen-bond acceptors (Lipinski definition) is 4. The van der Waals surface area contributed by atoms with Crippen LogP contribution in [0.5, 0.6) is 0 Å². The van der Waals surface area contributed by atoms with Crippen LogP contribution in [0.1, 0.15) is 24.0 Å². The largest absolute Gasteiger partial charge is 0.392 e. The second kappa shape index (κ2) is 8.60. The number of carbonyl (C=O) groups is 1. The second-order valence-electron chi connectivity index (χ2n) is 6.88. The lowest BCUT2D eigenvalue weighted by Gasteiger charge is -2.27. The predicted octanol–water partition coefficient (Wildman–Crippen LogP) is 1.29. The normalized spacial score (nSPS) is 22.0. The molecule has 2 saturated heterocycles. The van der Waals surface area contributed by atoms with Crippen molar-refractivity contribution in [2.75, 3.05) is 45.9 Å². The van der Waals surface area contributed by atoms with E-state index in [0.29, 0.717) is 18.2 Å². The first-order valence-electron chi connectivity index (χ1n) is 9.01. The zero-order valence-electron chi connectivity index (χ0n) is 14.3. The third-order valence-corrected chi connectivity index (χ3v) is 5.11. The van der Waals surface area contributed by atoms with Crippen LogP contribution in [0.2, 0.25) is 0 Å². The first-order valence-corrected chi connectivity index (χ1v) is 9.01. The van der Waals surface area contributed by atoms with Gasteiger partial charge < -0.3 is 14.7 Å². The van der Waals surface area contributed by atoms with E-state index in [2.05, 4.69) is 17.0 Å². The maximum absolute atomic E-state index is 12.4. The number of likely N-dealkylation sites (tertiary alicyclic amines) is 1. The summed E-state index contributed by atoms with van der Waals surface area (Å²) in [4.78, 5) is 16.8. The molecule has 3 rings (SSSR count). The van der Waals surface area contributed by atoms with Crippen molar-refractivity contribution in [2.24, 2.45) is 5.92 Å². The maximum atomic E-state index is 12.4. The highest BCUT2D eigenvalue weighted by Gasteiger charge is 2.26. The molecule has 0 spiro atoms. The number of benzene rings is 1. The smallest absolute Gasteiger partial charge is 0.223 e. The molecule has 1 aromatic rings. The van der Waals surface area contributed by atoms with Crippen molar-refractivity contribution < 1.29 is 14.6 Å². The molecule has 0 unspecified atom stereocenters. The molecule has 0 saturated carbocycles. The number of aliphatic hydroxyl groups excluding tert-OH is 1. The van der Waals surface area contributed by atoms with Crippen LogP contribution >= 0.6 is 0 Å². The van der Waals surface area contributed by atoms with Crippen molar-refractivity contribution in [3.05, 3.63) is 35.4 Å². The summed E-state index contributed by atoms with van der Waals surface area (Å²) in [7, 11) is 0. The van der Waals surface area contributed by atoms with E-state index in [4.69, 9.17) is 9.84 Å². The van der Waals surface area contributed by atoms with Crippen LogP contribution in [0.3, 0.4) is 0 Å². The summed E-state index contributed by atoms with van der Waals surface area (Å²) in [6.45, 7) is 6.18. The first kappa shape index (κ1) is 17.4. The van der Waals surface area contributed by atoms with Gasteiger partial charge >= 0.3 is 0 Å². The number of ether oxygens (including phenoxy) is 1. The van der Waals surface area contributed by atoms with Crippen LogP contribution in [0.15, 0.2) is 24.3 Å². The number of carbonyl (C=O) groups excluding carboxylic acids is 1. The van der Waals surface area contributed by atoms with E-state index in [1.165, 1.54) is 5.56 Å². The van der Waals surface area contributed by atoms with Gasteiger partial charge in [0.15, 0.2) is 0 Å². The predicted molar refractivity (Wildman–Crippen MR) is 92.6 cm³/mol. The third kappa shape index (κ3) is 4.79. The molecule has 2 heterocycles. The average Bonchev–Trinajstić information content (AvgIpc) is 3.10. The van der Waals surface area contributed by atoms with Crippen molar-refractivity contribution in [3.63, 3.8) is 0 Å². The third-order valence-electron chi connectivity index (χ3n) is 5.11. The van der Waals surface area contributed by atoms with Crippen molar-refractivity contribution in [1.82, 2.24) is 9.80 Å². The monoisotopic (exact) mass is 332 g/mol. The fourth-order valence-corrected chi connectivity index (χ4v) is 3.58. The van der Waals surface area contributed by atoms with Gasteiger partial charge in [0.1, 0.15) is 0 Å². The second-order valence-corrected chi connectivity index (χ2v) is 6.88. The first-order chi connectivity index (χ1) is 11.7. The Balaban J connectivity index is 1.41. The molecule has 2 fully saturated rings. The van der Waals surface area contributed by atoms with E-state index >= 15 is 0 Å². The number of rotatable bonds is 6. The minimum absolute atomic E-state index is 0.0924. The van der Waals surface area contributed by atoms with Gasteiger partial charge in [-0.15, -0.1) is 0 Å². The highest BCUT2D eigenvalue weighted by molar-refractivity contribution is 5.76. The Kier molecular flexibility index (Phi) is 6.24. The van der Waals surface area contributed by atoms with Gasteiger partial charge in [0.05, 0.1) is 19.8 Å². The summed E-state index contributed by atoms with van der Waals surface area (Å²) in [5.41, 5.74) is 2.24. The Morgan fingerprint density at radius 1 is 1.12 bits per heavy atom. The zero-order chi connectivity index (χ0) is 16.8. The van der Waals surface area contributed by atoms with Crippen molar-refractivity contribution in [1.29, 1.82) is 0 Å². The molecule has 0 aromatic heterocycles. The molecule has 1 N–H and O–H groups in total. The molecular weight excluding hydrogens is 304 g/mol. The Bertz CT molecular complexity index is 526. The van der Waals surface area contributed by atoms with E-state index in [1.807, 2.05) is 17.0 Å². The molecule has 1 aromatic carbocycles. The van der Waals surface area contributed by atoms with Gasteiger partial charge in [0.2, 0.25) is 5.91 Å². The molecule has 132 valence electrons. The van der Waals surface area contributed by atoms with Gasteiger partial charge in [-0.25, -0.2) is 0 Å².